The zero-order valence-corrected chi connectivity index (χ0v) is 13.8. The van der Waals surface area contributed by atoms with Crippen molar-refractivity contribution in [3.63, 3.8) is 0 Å². The fourth-order valence-corrected chi connectivity index (χ4v) is 5.04. The Balaban J connectivity index is 2.24. The molecule has 1 saturated carbocycles. The standard InChI is InChI=1S/C14H19BrFNO2S/c1-10-6-7-12(16)8-14(10)20(18,19)17-13-5-3-2-4-11(13)9-15/h6-8,11,13,17H,2-5,9H2,1H3. The first-order valence-corrected chi connectivity index (χ1v) is 9.39. The van der Waals surface area contributed by atoms with Gasteiger partial charge in [-0.15, -0.1) is 0 Å². The van der Waals surface area contributed by atoms with Crippen LogP contribution in [0.1, 0.15) is 31.2 Å². The van der Waals surface area contributed by atoms with Crippen LogP contribution in [-0.2, 0) is 10.0 Å². The number of rotatable bonds is 4. The third-order valence-electron chi connectivity index (χ3n) is 3.85. The van der Waals surface area contributed by atoms with Gasteiger partial charge >= 0.3 is 0 Å². The SMILES string of the molecule is Cc1ccc(F)cc1S(=O)(=O)NC1CCCCC1CBr. The van der Waals surface area contributed by atoms with Gasteiger partial charge in [0, 0.05) is 11.4 Å². The minimum atomic E-state index is -3.67. The molecule has 2 rings (SSSR count). The van der Waals surface area contributed by atoms with Gasteiger partial charge in [0.2, 0.25) is 10.0 Å². The molecule has 3 nitrogen and oxygen atoms in total. The second kappa shape index (κ2) is 6.54. The molecule has 1 N–H and O–H groups in total. The first kappa shape index (κ1) is 15.9. The van der Waals surface area contributed by atoms with Gasteiger partial charge < -0.3 is 0 Å². The Kier molecular flexibility index (Phi) is 5.20. The van der Waals surface area contributed by atoms with Gasteiger partial charge in [-0.3, -0.25) is 0 Å². The van der Waals surface area contributed by atoms with E-state index in [4.69, 9.17) is 0 Å². The van der Waals surface area contributed by atoms with Gasteiger partial charge in [-0.1, -0.05) is 34.8 Å². The van der Waals surface area contributed by atoms with Crippen molar-refractivity contribution in [1.29, 1.82) is 0 Å². The Hall–Kier alpha value is -0.460. The number of hydrogen-bond donors (Lipinski definition) is 1. The molecule has 2 atom stereocenters. The van der Waals surface area contributed by atoms with E-state index in [0.29, 0.717) is 11.5 Å². The van der Waals surface area contributed by atoms with Crippen LogP contribution in [0.2, 0.25) is 0 Å². The predicted molar refractivity (Wildman–Crippen MR) is 81.0 cm³/mol. The number of alkyl halides is 1. The molecule has 2 unspecified atom stereocenters. The third-order valence-corrected chi connectivity index (χ3v) is 6.32. The fraction of sp³-hybridized carbons (Fsp3) is 0.571. The average molecular weight is 364 g/mol. The smallest absolute Gasteiger partial charge is 0.208 e. The van der Waals surface area contributed by atoms with E-state index in [1.54, 1.807) is 6.92 Å². The van der Waals surface area contributed by atoms with Crippen LogP contribution in [0.4, 0.5) is 4.39 Å². The molecule has 1 aliphatic carbocycles. The van der Waals surface area contributed by atoms with Crippen molar-refractivity contribution in [3.05, 3.63) is 29.6 Å². The Morgan fingerprint density at radius 2 is 2.05 bits per heavy atom. The molecule has 0 aromatic heterocycles. The highest BCUT2D eigenvalue weighted by Gasteiger charge is 2.29. The van der Waals surface area contributed by atoms with Crippen molar-refractivity contribution in [3.8, 4) is 0 Å². The molecule has 112 valence electrons. The Labute approximate surface area is 128 Å². The summed E-state index contributed by atoms with van der Waals surface area (Å²) in [5, 5.41) is 0.780. The maximum absolute atomic E-state index is 13.3. The number of halogens is 2. The highest BCUT2D eigenvalue weighted by Crippen LogP contribution is 2.27. The monoisotopic (exact) mass is 363 g/mol. The summed E-state index contributed by atoms with van der Waals surface area (Å²) in [5.41, 5.74) is 0.560. The van der Waals surface area contributed by atoms with Crippen LogP contribution in [0.3, 0.4) is 0 Å². The lowest BCUT2D eigenvalue weighted by Crippen LogP contribution is -2.42. The molecule has 0 bridgehead atoms. The normalized spacial score (nSPS) is 23.8. The lowest BCUT2D eigenvalue weighted by atomic mass is 9.87. The summed E-state index contributed by atoms with van der Waals surface area (Å²) in [5.74, 6) is -0.232. The van der Waals surface area contributed by atoms with Crippen molar-refractivity contribution in [2.75, 3.05) is 5.33 Å². The van der Waals surface area contributed by atoms with Crippen LogP contribution in [0.25, 0.3) is 0 Å². The molecule has 1 aliphatic rings. The molecular weight excluding hydrogens is 345 g/mol. The highest BCUT2D eigenvalue weighted by molar-refractivity contribution is 9.09. The summed E-state index contributed by atoms with van der Waals surface area (Å²) in [6.07, 6.45) is 4.01. The molecule has 0 saturated heterocycles. The quantitative estimate of drug-likeness (QED) is 0.833. The molecule has 0 heterocycles. The third kappa shape index (κ3) is 3.59. The fourth-order valence-electron chi connectivity index (χ4n) is 2.67. The van der Waals surface area contributed by atoms with E-state index in [1.165, 1.54) is 12.1 Å². The van der Waals surface area contributed by atoms with E-state index in [0.717, 1.165) is 37.1 Å². The molecule has 0 amide bonds. The van der Waals surface area contributed by atoms with E-state index in [1.807, 2.05) is 0 Å². The summed E-state index contributed by atoms with van der Waals surface area (Å²) in [6, 6.07) is 3.78. The van der Waals surface area contributed by atoms with E-state index in [9.17, 15) is 12.8 Å². The van der Waals surface area contributed by atoms with Crippen LogP contribution in [-0.4, -0.2) is 19.8 Å². The lowest BCUT2D eigenvalue weighted by molar-refractivity contribution is 0.316. The second-order valence-corrected chi connectivity index (χ2v) is 7.67. The maximum atomic E-state index is 13.3. The Morgan fingerprint density at radius 3 is 2.75 bits per heavy atom. The lowest BCUT2D eigenvalue weighted by Gasteiger charge is -2.30. The first-order chi connectivity index (χ1) is 9.44. The predicted octanol–water partition coefficient (Wildman–Crippen LogP) is 3.37. The summed E-state index contributed by atoms with van der Waals surface area (Å²) < 4.78 is 40.9. The van der Waals surface area contributed by atoms with Crippen LogP contribution >= 0.6 is 15.9 Å². The molecular formula is C14H19BrFNO2S. The number of aryl methyl sites for hydroxylation is 1. The van der Waals surface area contributed by atoms with Gasteiger partial charge in [-0.05, 0) is 43.4 Å². The molecule has 1 fully saturated rings. The molecule has 0 aliphatic heterocycles. The zero-order valence-electron chi connectivity index (χ0n) is 11.4. The summed E-state index contributed by atoms with van der Waals surface area (Å²) in [7, 11) is -3.67. The molecule has 1 aromatic carbocycles. The van der Waals surface area contributed by atoms with Crippen LogP contribution in [0.5, 0.6) is 0 Å². The minimum absolute atomic E-state index is 0.0383. The second-order valence-electron chi connectivity index (χ2n) is 5.34. The summed E-state index contributed by atoms with van der Waals surface area (Å²) in [4.78, 5) is 0.0383. The van der Waals surface area contributed by atoms with Crippen molar-refractivity contribution >= 4 is 26.0 Å². The van der Waals surface area contributed by atoms with Crippen LogP contribution < -0.4 is 4.72 Å². The summed E-state index contributed by atoms with van der Waals surface area (Å²) in [6.45, 7) is 1.68. The molecule has 1 aromatic rings. The number of benzene rings is 1. The van der Waals surface area contributed by atoms with Gasteiger partial charge in [-0.2, -0.15) is 0 Å². The van der Waals surface area contributed by atoms with Gasteiger partial charge in [0.05, 0.1) is 4.90 Å². The van der Waals surface area contributed by atoms with Gasteiger partial charge in [-0.25, -0.2) is 17.5 Å². The van der Waals surface area contributed by atoms with Crippen molar-refractivity contribution in [1.82, 2.24) is 4.72 Å². The van der Waals surface area contributed by atoms with Crippen molar-refractivity contribution in [2.24, 2.45) is 5.92 Å². The average Bonchev–Trinajstić information content (AvgIpc) is 2.41. The van der Waals surface area contributed by atoms with E-state index in [2.05, 4.69) is 20.7 Å². The van der Waals surface area contributed by atoms with Crippen molar-refractivity contribution in [2.45, 2.75) is 43.5 Å². The van der Waals surface area contributed by atoms with E-state index in [-0.39, 0.29) is 10.9 Å². The van der Waals surface area contributed by atoms with Crippen molar-refractivity contribution < 1.29 is 12.8 Å². The Morgan fingerprint density at radius 1 is 1.35 bits per heavy atom. The topological polar surface area (TPSA) is 46.2 Å². The molecule has 6 heteroatoms. The van der Waals surface area contributed by atoms with Gasteiger partial charge in [0.15, 0.2) is 0 Å². The van der Waals surface area contributed by atoms with E-state index < -0.39 is 15.8 Å². The molecule has 20 heavy (non-hydrogen) atoms. The van der Waals surface area contributed by atoms with Gasteiger partial charge in [0.25, 0.3) is 0 Å². The number of hydrogen-bond acceptors (Lipinski definition) is 2. The zero-order chi connectivity index (χ0) is 14.8. The van der Waals surface area contributed by atoms with Gasteiger partial charge in [0.1, 0.15) is 5.82 Å². The molecule has 0 radical (unpaired) electrons. The minimum Gasteiger partial charge on any atom is -0.208 e. The number of nitrogens with one attached hydrogen (secondary N) is 1. The Bertz CT molecular complexity index is 577. The first-order valence-electron chi connectivity index (χ1n) is 6.78. The maximum Gasteiger partial charge on any atom is 0.241 e. The highest BCUT2D eigenvalue weighted by atomic mass is 79.9. The number of sulfonamides is 1. The molecule has 0 spiro atoms. The van der Waals surface area contributed by atoms with Crippen LogP contribution in [0, 0.1) is 18.7 Å². The largest absolute Gasteiger partial charge is 0.241 e. The van der Waals surface area contributed by atoms with E-state index >= 15 is 0 Å². The summed E-state index contributed by atoms with van der Waals surface area (Å²) >= 11 is 3.45. The van der Waals surface area contributed by atoms with Crippen LogP contribution in [0.15, 0.2) is 23.1 Å².